The lowest BCUT2D eigenvalue weighted by molar-refractivity contribution is -0.282. The fraction of sp³-hybridized carbons (Fsp3) is 0.370. The summed E-state index contributed by atoms with van der Waals surface area (Å²) in [5.74, 6) is -6.27. The SMILES string of the molecule is CC(O)(CC(=O)O)CC(=O)O[C@@H]1[C@@H](O)[C@H](Oc2cc3oc(-c4ccc(O)c(O)c4)cc(=O)c3c(O)c2O)O[C@H](CO)[C@H]1O. The quantitative estimate of drug-likeness (QED) is 0.111. The Bertz CT molecular complexity index is 1590. The predicted octanol–water partition coefficient (Wildman–Crippen LogP) is -0.372. The minimum atomic E-state index is -2.04. The summed E-state index contributed by atoms with van der Waals surface area (Å²) in [6.07, 6.45) is -10.7. The van der Waals surface area contributed by atoms with Crippen LogP contribution in [0.4, 0.5) is 0 Å². The number of carboxylic acids is 1. The maximum atomic E-state index is 12.8. The molecule has 1 fully saturated rings. The van der Waals surface area contributed by atoms with Crippen molar-refractivity contribution in [1.82, 2.24) is 0 Å². The summed E-state index contributed by atoms with van der Waals surface area (Å²) in [6, 6.07) is 5.48. The maximum absolute atomic E-state index is 12.8. The standard InChI is InChI=1S/C27H28O16/c1-27(39,7-18(32)33)8-19(34)43-25-22(36)17(9-28)42-26(24(25)38)41-16-6-15-20(23(37)21(16)35)13(31)5-14(40-15)10-2-3-11(29)12(30)4-10/h2-6,17,22,24-26,28-30,35-39H,7-9H2,1H3,(H,32,33)/t17-,22-,24-,25+,26-,27?/m1/s1. The van der Waals surface area contributed by atoms with Gasteiger partial charge in [0.15, 0.2) is 40.6 Å². The van der Waals surface area contributed by atoms with Crippen molar-refractivity contribution in [3.63, 3.8) is 0 Å². The van der Waals surface area contributed by atoms with Gasteiger partial charge in [-0.15, -0.1) is 0 Å². The van der Waals surface area contributed by atoms with Gasteiger partial charge in [0.2, 0.25) is 12.0 Å². The van der Waals surface area contributed by atoms with Gasteiger partial charge in [-0.05, 0) is 25.1 Å². The highest BCUT2D eigenvalue weighted by Crippen LogP contribution is 2.43. The number of carbonyl (C=O) groups excluding carboxylic acids is 1. The van der Waals surface area contributed by atoms with Gasteiger partial charge in [0.1, 0.15) is 28.9 Å². The van der Waals surface area contributed by atoms with E-state index in [2.05, 4.69) is 0 Å². The van der Waals surface area contributed by atoms with Crippen LogP contribution in [0.5, 0.6) is 28.7 Å². The fourth-order valence-corrected chi connectivity index (χ4v) is 4.49. The van der Waals surface area contributed by atoms with Crippen LogP contribution in [0.15, 0.2) is 39.5 Å². The van der Waals surface area contributed by atoms with E-state index in [-0.39, 0.29) is 16.9 Å². The smallest absolute Gasteiger partial charge is 0.309 e. The van der Waals surface area contributed by atoms with Crippen LogP contribution in [0.2, 0.25) is 0 Å². The lowest BCUT2D eigenvalue weighted by atomic mass is 9.97. The molecule has 2 heterocycles. The zero-order valence-electron chi connectivity index (χ0n) is 22.3. The van der Waals surface area contributed by atoms with Crippen LogP contribution in [0.3, 0.4) is 0 Å². The second-order valence-corrected chi connectivity index (χ2v) is 10.1. The molecule has 3 aromatic rings. The maximum Gasteiger partial charge on any atom is 0.309 e. The molecule has 16 nitrogen and oxygen atoms in total. The Morgan fingerprint density at radius 2 is 1.67 bits per heavy atom. The predicted molar refractivity (Wildman–Crippen MR) is 140 cm³/mol. The summed E-state index contributed by atoms with van der Waals surface area (Å²) in [5.41, 5.74) is -3.03. The summed E-state index contributed by atoms with van der Waals surface area (Å²) in [5, 5.41) is 90.1. The third-order valence-electron chi connectivity index (χ3n) is 6.58. The monoisotopic (exact) mass is 608 g/mol. The molecule has 2 aromatic carbocycles. The van der Waals surface area contributed by atoms with Crippen LogP contribution in [0, 0.1) is 0 Å². The van der Waals surface area contributed by atoms with Crippen LogP contribution in [0.1, 0.15) is 19.8 Å². The Labute approximate surface area is 240 Å². The molecule has 0 bridgehead atoms. The van der Waals surface area contributed by atoms with Gasteiger partial charge in [0, 0.05) is 17.7 Å². The topological polar surface area (TPSA) is 274 Å². The second kappa shape index (κ2) is 11.9. The van der Waals surface area contributed by atoms with Gasteiger partial charge < -0.3 is 64.6 Å². The first kappa shape index (κ1) is 31.3. The van der Waals surface area contributed by atoms with Crippen LogP contribution in [-0.2, 0) is 19.1 Å². The number of ether oxygens (including phenoxy) is 3. The second-order valence-electron chi connectivity index (χ2n) is 10.1. The molecule has 1 aliphatic heterocycles. The average molecular weight is 609 g/mol. The fourth-order valence-electron chi connectivity index (χ4n) is 4.49. The number of carbonyl (C=O) groups is 2. The number of hydrogen-bond donors (Lipinski definition) is 9. The van der Waals surface area contributed by atoms with Crippen molar-refractivity contribution in [3.8, 4) is 40.1 Å². The van der Waals surface area contributed by atoms with Crippen molar-refractivity contribution < 1.29 is 74.2 Å². The number of phenols is 4. The van der Waals surface area contributed by atoms with Gasteiger partial charge in [-0.2, -0.15) is 0 Å². The number of carboxylic acid groups (broad SMARTS) is 1. The Kier molecular flexibility index (Phi) is 8.70. The summed E-state index contributed by atoms with van der Waals surface area (Å²) < 4.78 is 21.6. The molecule has 1 aromatic heterocycles. The van der Waals surface area contributed by atoms with E-state index in [0.29, 0.717) is 0 Å². The largest absolute Gasteiger partial charge is 0.504 e. The van der Waals surface area contributed by atoms with E-state index >= 15 is 0 Å². The van der Waals surface area contributed by atoms with Gasteiger partial charge in [-0.3, -0.25) is 14.4 Å². The van der Waals surface area contributed by atoms with Crippen molar-refractivity contribution in [2.75, 3.05) is 6.61 Å². The van der Waals surface area contributed by atoms with Gasteiger partial charge in [-0.1, -0.05) is 0 Å². The summed E-state index contributed by atoms with van der Waals surface area (Å²) in [6.45, 7) is 0.190. The van der Waals surface area contributed by atoms with Gasteiger partial charge in [0.25, 0.3) is 0 Å². The zero-order chi connectivity index (χ0) is 31.8. The molecule has 0 amide bonds. The van der Waals surface area contributed by atoms with E-state index in [1.807, 2.05) is 0 Å². The van der Waals surface area contributed by atoms with Crippen LogP contribution >= 0.6 is 0 Å². The number of aromatic hydroxyl groups is 4. The molecular weight excluding hydrogens is 580 g/mol. The molecule has 1 aliphatic rings. The zero-order valence-corrected chi connectivity index (χ0v) is 22.3. The van der Waals surface area contributed by atoms with Crippen LogP contribution in [-0.4, -0.2) is 101 Å². The minimum absolute atomic E-state index is 0.119. The molecule has 0 radical (unpaired) electrons. The minimum Gasteiger partial charge on any atom is -0.504 e. The number of rotatable bonds is 9. The number of benzene rings is 2. The lowest BCUT2D eigenvalue weighted by Gasteiger charge is -2.41. The molecule has 0 aliphatic carbocycles. The summed E-state index contributed by atoms with van der Waals surface area (Å²) >= 11 is 0. The number of aliphatic carboxylic acids is 1. The van der Waals surface area contributed by atoms with E-state index in [0.717, 1.165) is 31.2 Å². The lowest BCUT2D eigenvalue weighted by Crippen LogP contribution is -2.61. The van der Waals surface area contributed by atoms with E-state index in [9.17, 15) is 55.2 Å². The summed E-state index contributed by atoms with van der Waals surface area (Å²) in [7, 11) is 0. The third-order valence-corrected chi connectivity index (χ3v) is 6.58. The van der Waals surface area contributed by atoms with Crippen molar-refractivity contribution in [2.24, 2.45) is 0 Å². The normalized spacial score (nSPS) is 23.4. The van der Waals surface area contributed by atoms with E-state index < -0.39 is 107 Å². The van der Waals surface area contributed by atoms with E-state index in [4.69, 9.17) is 23.7 Å². The van der Waals surface area contributed by atoms with Crippen molar-refractivity contribution in [2.45, 2.75) is 56.1 Å². The molecule has 9 N–H and O–H groups in total. The van der Waals surface area contributed by atoms with Crippen molar-refractivity contribution >= 4 is 22.9 Å². The number of fused-ring (bicyclic) bond motifs is 1. The van der Waals surface area contributed by atoms with Crippen LogP contribution < -0.4 is 10.2 Å². The molecule has 0 saturated carbocycles. The van der Waals surface area contributed by atoms with E-state index in [1.165, 1.54) is 6.07 Å². The number of phenolic OH excluding ortho intramolecular Hbond substituents is 4. The number of esters is 1. The first-order chi connectivity index (χ1) is 20.1. The molecular formula is C27H28O16. The Morgan fingerprint density at radius 3 is 2.30 bits per heavy atom. The molecule has 6 atom stereocenters. The molecule has 43 heavy (non-hydrogen) atoms. The number of hydrogen-bond acceptors (Lipinski definition) is 15. The molecule has 4 rings (SSSR count). The van der Waals surface area contributed by atoms with Gasteiger partial charge in [0.05, 0.1) is 25.0 Å². The highest BCUT2D eigenvalue weighted by molar-refractivity contribution is 5.89. The molecule has 16 heteroatoms. The first-order valence-electron chi connectivity index (χ1n) is 12.6. The highest BCUT2D eigenvalue weighted by atomic mass is 16.7. The van der Waals surface area contributed by atoms with Crippen molar-refractivity contribution in [1.29, 1.82) is 0 Å². The Balaban J connectivity index is 1.65. The Morgan fingerprint density at radius 1 is 0.977 bits per heavy atom. The molecule has 232 valence electrons. The highest BCUT2D eigenvalue weighted by Gasteiger charge is 2.48. The number of aliphatic hydroxyl groups excluding tert-OH is 3. The Hall–Kier alpha value is -4.61. The van der Waals surface area contributed by atoms with Gasteiger partial charge in [-0.25, -0.2) is 0 Å². The van der Waals surface area contributed by atoms with Crippen molar-refractivity contribution in [3.05, 3.63) is 40.6 Å². The molecule has 1 unspecified atom stereocenters. The molecule has 1 saturated heterocycles. The third kappa shape index (κ3) is 6.58. The van der Waals surface area contributed by atoms with Gasteiger partial charge >= 0.3 is 11.9 Å². The number of aliphatic hydroxyl groups is 4. The van der Waals surface area contributed by atoms with E-state index in [1.54, 1.807) is 0 Å². The summed E-state index contributed by atoms with van der Waals surface area (Å²) in [4.78, 5) is 36.1. The van der Waals surface area contributed by atoms with Crippen LogP contribution in [0.25, 0.3) is 22.3 Å². The first-order valence-corrected chi connectivity index (χ1v) is 12.6. The molecule has 0 spiro atoms. The average Bonchev–Trinajstić information content (AvgIpc) is 2.91.